The second kappa shape index (κ2) is 6.42. The summed E-state index contributed by atoms with van der Waals surface area (Å²) in [6.07, 6.45) is 0.641. The van der Waals surface area contributed by atoms with Crippen LogP contribution >= 0.6 is 34.8 Å². The lowest BCUT2D eigenvalue weighted by molar-refractivity contribution is -0.117. The van der Waals surface area contributed by atoms with Crippen LogP contribution in [0.2, 0.25) is 15.1 Å². The van der Waals surface area contributed by atoms with Crippen molar-refractivity contribution in [3.63, 3.8) is 0 Å². The molecule has 0 saturated heterocycles. The number of Topliss-reactive ketones (excluding diaryl/α,β-unsaturated/α-hetero) is 1. The SMILES string of the molecule is O=C(Cc1cccc(Cl)c1)Cc1ccc(Cl)cc1Cl. The van der Waals surface area contributed by atoms with Gasteiger partial charge in [0.25, 0.3) is 0 Å². The average Bonchev–Trinajstić information content (AvgIpc) is 2.33. The fraction of sp³-hybridized carbons (Fsp3) is 0.133. The summed E-state index contributed by atoms with van der Waals surface area (Å²) >= 11 is 17.7. The molecule has 0 aliphatic carbocycles. The molecule has 0 unspecified atom stereocenters. The van der Waals surface area contributed by atoms with E-state index < -0.39 is 0 Å². The van der Waals surface area contributed by atoms with E-state index in [0.29, 0.717) is 27.9 Å². The Morgan fingerprint density at radius 1 is 0.895 bits per heavy atom. The minimum Gasteiger partial charge on any atom is -0.299 e. The van der Waals surface area contributed by atoms with Gasteiger partial charge in [-0.3, -0.25) is 4.79 Å². The zero-order valence-electron chi connectivity index (χ0n) is 10.00. The van der Waals surface area contributed by atoms with Gasteiger partial charge in [-0.2, -0.15) is 0 Å². The van der Waals surface area contributed by atoms with Crippen molar-refractivity contribution in [1.82, 2.24) is 0 Å². The molecule has 0 aromatic heterocycles. The van der Waals surface area contributed by atoms with Crippen LogP contribution in [0.1, 0.15) is 11.1 Å². The minimum absolute atomic E-state index is 0.0893. The molecule has 0 bridgehead atoms. The molecule has 2 aromatic rings. The fourth-order valence-electron chi connectivity index (χ4n) is 1.81. The highest BCUT2D eigenvalue weighted by Gasteiger charge is 2.09. The Kier molecular flexibility index (Phi) is 4.87. The molecular formula is C15H11Cl3O. The standard InChI is InChI=1S/C15H11Cl3O/c16-12-3-1-2-10(6-12)7-14(19)8-11-4-5-13(17)9-15(11)18/h1-6,9H,7-8H2. The van der Waals surface area contributed by atoms with E-state index in [1.165, 1.54) is 0 Å². The summed E-state index contributed by atoms with van der Waals surface area (Å²) in [5.41, 5.74) is 1.70. The second-order valence-corrected chi connectivity index (χ2v) is 5.54. The first-order valence-electron chi connectivity index (χ1n) is 5.74. The summed E-state index contributed by atoms with van der Waals surface area (Å²) in [6, 6.07) is 12.4. The van der Waals surface area contributed by atoms with Crippen LogP contribution < -0.4 is 0 Å². The molecule has 0 saturated carbocycles. The minimum atomic E-state index is 0.0893. The molecule has 4 heteroatoms. The van der Waals surface area contributed by atoms with Gasteiger partial charge in [0.2, 0.25) is 0 Å². The second-order valence-electron chi connectivity index (χ2n) is 4.26. The first-order valence-corrected chi connectivity index (χ1v) is 6.88. The van der Waals surface area contributed by atoms with Gasteiger partial charge >= 0.3 is 0 Å². The number of carbonyl (C=O) groups is 1. The largest absolute Gasteiger partial charge is 0.299 e. The Hall–Kier alpha value is -1.02. The number of hydrogen-bond donors (Lipinski definition) is 0. The molecule has 0 atom stereocenters. The van der Waals surface area contributed by atoms with Gasteiger partial charge in [0.05, 0.1) is 0 Å². The van der Waals surface area contributed by atoms with Crippen molar-refractivity contribution in [2.45, 2.75) is 12.8 Å². The molecule has 98 valence electrons. The first-order chi connectivity index (χ1) is 9.04. The summed E-state index contributed by atoms with van der Waals surface area (Å²) in [4.78, 5) is 12.0. The smallest absolute Gasteiger partial charge is 0.141 e. The number of ketones is 1. The zero-order chi connectivity index (χ0) is 13.8. The third kappa shape index (κ3) is 4.24. The number of benzene rings is 2. The molecule has 0 aliphatic heterocycles. The lowest BCUT2D eigenvalue weighted by Gasteiger charge is -2.05. The van der Waals surface area contributed by atoms with Gasteiger partial charge in [-0.05, 0) is 35.4 Å². The maximum Gasteiger partial charge on any atom is 0.141 e. The van der Waals surface area contributed by atoms with Crippen LogP contribution in [0.3, 0.4) is 0 Å². The van der Waals surface area contributed by atoms with Gasteiger partial charge in [0.1, 0.15) is 5.78 Å². The summed E-state index contributed by atoms with van der Waals surface area (Å²) in [6.45, 7) is 0. The Morgan fingerprint density at radius 3 is 2.32 bits per heavy atom. The highest BCUT2D eigenvalue weighted by Crippen LogP contribution is 2.22. The van der Waals surface area contributed by atoms with Crippen molar-refractivity contribution in [3.05, 3.63) is 68.7 Å². The van der Waals surface area contributed by atoms with Gasteiger partial charge in [-0.1, -0.05) is 53.0 Å². The van der Waals surface area contributed by atoms with E-state index in [0.717, 1.165) is 11.1 Å². The Balaban J connectivity index is 2.05. The maximum atomic E-state index is 12.0. The van der Waals surface area contributed by atoms with Gasteiger partial charge in [-0.25, -0.2) is 0 Å². The molecule has 0 aliphatic rings. The number of halogens is 3. The van der Waals surface area contributed by atoms with Crippen LogP contribution in [0.25, 0.3) is 0 Å². The molecule has 0 amide bonds. The predicted octanol–water partition coefficient (Wildman–Crippen LogP) is 5.00. The first kappa shape index (κ1) is 14.4. The average molecular weight is 314 g/mol. The van der Waals surface area contributed by atoms with Gasteiger partial charge in [0.15, 0.2) is 0 Å². The number of carbonyl (C=O) groups excluding carboxylic acids is 1. The van der Waals surface area contributed by atoms with Crippen molar-refractivity contribution >= 4 is 40.6 Å². The third-order valence-corrected chi connectivity index (χ3v) is 3.52. The number of rotatable bonds is 4. The summed E-state index contributed by atoms with van der Waals surface area (Å²) in [5.74, 6) is 0.0893. The van der Waals surface area contributed by atoms with Gasteiger partial charge in [0, 0.05) is 27.9 Å². The lowest BCUT2D eigenvalue weighted by Crippen LogP contribution is -2.07. The van der Waals surface area contributed by atoms with Crippen LogP contribution in [0.15, 0.2) is 42.5 Å². The summed E-state index contributed by atoms with van der Waals surface area (Å²) in [5, 5.41) is 1.72. The van der Waals surface area contributed by atoms with E-state index in [1.807, 2.05) is 12.1 Å². The predicted molar refractivity (Wildman–Crippen MR) is 80.3 cm³/mol. The van der Waals surface area contributed by atoms with Crippen LogP contribution in [-0.4, -0.2) is 5.78 Å². The van der Waals surface area contributed by atoms with E-state index in [2.05, 4.69) is 0 Å². The Labute approximate surface area is 127 Å². The maximum absolute atomic E-state index is 12.0. The normalized spacial score (nSPS) is 10.5. The molecule has 2 aromatic carbocycles. The molecule has 0 heterocycles. The van der Waals surface area contributed by atoms with Crippen LogP contribution in [-0.2, 0) is 17.6 Å². The molecular weight excluding hydrogens is 303 g/mol. The summed E-state index contributed by atoms with van der Waals surface area (Å²) < 4.78 is 0. The molecule has 0 N–H and O–H groups in total. The third-order valence-electron chi connectivity index (χ3n) is 2.69. The highest BCUT2D eigenvalue weighted by atomic mass is 35.5. The molecule has 0 radical (unpaired) electrons. The zero-order valence-corrected chi connectivity index (χ0v) is 12.3. The van der Waals surface area contributed by atoms with E-state index >= 15 is 0 Å². The van der Waals surface area contributed by atoms with Gasteiger partial charge in [-0.15, -0.1) is 0 Å². The Bertz CT molecular complexity index is 608. The van der Waals surface area contributed by atoms with Crippen molar-refractivity contribution < 1.29 is 4.79 Å². The van der Waals surface area contributed by atoms with E-state index in [1.54, 1.807) is 30.3 Å². The quantitative estimate of drug-likeness (QED) is 0.776. The molecule has 19 heavy (non-hydrogen) atoms. The molecule has 1 nitrogen and oxygen atoms in total. The van der Waals surface area contributed by atoms with E-state index in [4.69, 9.17) is 34.8 Å². The van der Waals surface area contributed by atoms with Crippen molar-refractivity contribution in [3.8, 4) is 0 Å². The Morgan fingerprint density at radius 2 is 1.63 bits per heavy atom. The van der Waals surface area contributed by atoms with Crippen LogP contribution in [0, 0.1) is 0 Å². The van der Waals surface area contributed by atoms with Crippen LogP contribution in [0.4, 0.5) is 0 Å². The van der Waals surface area contributed by atoms with Crippen molar-refractivity contribution in [1.29, 1.82) is 0 Å². The van der Waals surface area contributed by atoms with Crippen molar-refractivity contribution in [2.24, 2.45) is 0 Å². The monoisotopic (exact) mass is 312 g/mol. The number of hydrogen-bond acceptors (Lipinski definition) is 1. The van der Waals surface area contributed by atoms with Crippen LogP contribution in [0.5, 0.6) is 0 Å². The van der Waals surface area contributed by atoms with Crippen molar-refractivity contribution in [2.75, 3.05) is 0 Å². The molecule has 2 rings (SSSR count). The highest BCUT2D eigenvalue weighted by molar-refractivity contribution is 6.35. The topological polar surface area (TPSA) is 17.1 Å². The lowest BCUT2D eigenvalue weighted by atomic mass is 10.0. The molecule has 0 spiro atoms. The fourth-order valence-corrected chi connectivity index (χ4v) is 2.50. The van der Waals surface area contributed by atoms with E-state index in [9.17, 15) is 4.79 Å². The summed E-state index contributed by atoms with van der Waals surface area (Å²) in [7, 11) is 0. The van der Waals surface area contributed by atoms with E-state index in [-0.39, 0.29) is 5.78 Å². The van der Waals surface area contributed by atoms with Gasteiger partial charge < -0.3 is 0 Å². The molecule has 0 fully saturated rings.